The molecule has 3 aliphatic rings. The van der Waals surface area contributed by atoms with E-state index in [1.54, 1.807) is 10.7 Å². The van der Waals surface area contributed by atoms with Gasteiger partial charge in [-0.25, -0.2) is 14.6 Å². The minimum Gasteiger partial charge on any atom is -0.355 e. The van der Waals surface area contributed by atoms with E-state index in [1.807, 2.05) is 13.0 Å². The first-order valence-corrected chi connectivity index (χ1v) is 9.37. The minimum absolute atomic E-state index is 0.0154. The highest BCUT2D eigenvalue weighted by atomic mass is 16.1. The van der Waals surface area contributed by atoms with Crippen LogP contribution in [0.3, 0.4) is 0 Å². The van der Waals surface area contributed by atoms with Crippen LogP contribution in [-0.2, 0) is 19.4 Å². The molecule has 3 heterocycles. The Balaban J connectivity index is 1.30. The molecule has 0 atom stereocenters. The van der Waals surface area contributed by atoms with E-state index < -0.39 is 0 Å². The van der Waals surface area contributed by atoms with Gasteiger partial charge in [-0.05, 0) is 45.1 Å². The Hall–Kier alpha value is -2.24. The first-order chi connectivity index (χ1) is 12.2. The molecular formula is C19H23N5O. The third-order valence-electron chi connectivity index (χ3n) is 5.59. The molecule has 6 heteroatoms. The van der Waals surface area contributed by atoms with Crippen LogP contribution in [0.5, 0.6) is 0 Å². The summed E-state index contributed by atoms with van der Waals surface area (Å²) in [6, 6.07) is 3.58. The van der Waals surface area contributed by atoms with Gasteiger partial charge in [-0.3, -0.25) is 4.79 Å². The Bertz CT molecular complexity index is 880. The predicted octanol–water partition coefficient (Wildman–Crippen LogP) is 1.84. The summed E-state index contributed by atoms with van der Waals surface area (Å²) in [5.41, 5.74) is 3.68. The maximum atomic E-state index is 12.1. The molecule has 1 saturated carbocycles. The van der Waals surface area contributed by atoms with E-state index in [9.17, 15) is 4.79 Å². The standard InChI is InChI=1S/C19H23N5O/c1-12-20-17-4-2-3-15(17)19(21-12)23-9-13(10-23)11-24-18(25)8-7-16(22-24)14-5-6-14/h7-8,13-14H,2-6,9-11H2,1H3. The fourth-order valence-electron chi connectivity index (χ4n) is 4.09. The smallest absolute Gasteiger partial charge is 0.266 e. The fourth-order valence-corrected chi connectivity index (χ4v) is 4.09. The van der Waals surface area contributed by atoms with E-state index in [0.717, 1.165) is 43.3 Å². The Labute approximate surface area is 146 Å². The second-order valence-corrected chi connectivity index (χ2v) is 7.70. The van der Waals surface area contributed by atoms with E-state index in [2.05, 4.69) is 15.0 Å². The zero-order valence-electron chi connectivity index (χ0n) is 14.6. The van der Waals surface area contributed by atoms with Crippen LogP contribution >= 0.6 is 0 Å². The highest BCUT2D eigenvalue weighted by molar-refractivity contribution is 5.53. The first-order valence-electron chi connectivity index (χ1n) is 9.37. The van der Waals surface area contributed by atoms with Gasteiger partial charge in [-0.1, -0.05) is 0 Å². The van der Waals surface area contributed by atoms with Gasteiger partial charge >= 0.3 is 0 Å². The van der Waals surface area contributed by atoms with Crippen LogP contribution in [0.2, 0.25) is 0 Å². The number of rotatable bonds is 4. The average Bonchev–Trinajstić information content (AvgIpc) is 3.29. The van der Waals surface area contributed by atoms with E-state index >= 15 is 0 Å². The molecule has 2 aromatic heterocycles. The van der Waals surface area contributed by atoms with Crippen molar-refractivity contribution in [3.63, 3.8) is 0 Å². The van der Waals surface area contributed by atoms with E-state index in [1.165, 1.54) is 30.5 Å². The number of anilines is 1. The zero-order chi connectivity index (χ0) is 17.0. The predicted molar refractivity (Wildman–Crippen MR) is 95.0 cm³/mol. The van der Waals surface area contributed by atoms with Gasteiger partial charge < -0.3 is 4.90 Å². The van der Waals surface area contributed by atoms with Gasteiger partial charge in [0.25, 0.3) is 5.56 Å². The van der Waals surface area contributed by atoms with Crippen LogP contribution in [0.1, 0.15) is 48.0 Å². The van der Waals surface area contributed by atoms with Crippen LogP contribution in [0.25, 0.3) is 0 Å². The summed E-state index contributed by atoms with van der Waals surface area (Å²) in [5.74, 6) is 3.04. The van der Waals surface area contributed by atoms with Gasteiger partial charge in [-0.15, -0.1) is 0 Å². The molecule has 130 valence electrons. The van der Waals surface area contributed by atoms with Crippen LogP contribution in [-0.4, -0.2) is 32.8 Å². The number of hydrogen-bond donors (Lipinski definition) is 0. The van der Waals surface area contributed by atoms with Gasteiger partial charge in [0, 0.05) is 42.2 Å². The molecule has 5 rings (SSSR count). The monoisotopic (exact) mass is 337 g/mol. The van der Waals surface area contributed by atoms with Crippen molar-refractivity contribution in [2.75, 3.05) is 18.0 Å². The lowest BCUT2D eigenvalue weighted by Crippen LogP contribution is -2.50. The van der Waals surface area contributed by atoms with Crippen LogP contribution in [0.15, 0.2) is 16.9 Å². The average molecular weight is 337 g/mol. The number of hydrogen-bond acceptors (Lipinski definition) is 5. The van der Waals surface area contributed by atoms with Gasteiger partial charge in [0.15, 0.2) is 0 Å². The minimum atomic E-state index is 0.0154. The summed E-state index contributed by atoms with van der Waals surface area (Å²) in [5, 5.41) is 4.59. The lowest BCUT2D eigenvalue weighted by Gasteiger charge is -2.41. The molecule has 2 aromatic rings. The van der Waals surface area contributed by atoms with Gasteiger partial charge in [-0.2, -0.15) is 5.10 Å². The SMILES string of the molecule is Cc1nc2c(c(N3CC(Cn4nc(C5CC5)ccc4=O)C3)n1)CCC2. The second-order valence-electron chi connectivity index (χ2n) is 7.70. The van der Waals surface area contributed by atoms with E-state index in [-0.39, 0.29) is 5.56 Å². The maximum absolute atomic E-state index is 12.1. The molecule has 0 spiro atoms. The Morgan fingerprint density at radius 3 is 2.80 bits per heavy atom. The van der Waals surface area contributed by atoms with Crippen molar-refractivity contribution in [2.24, 2.45) is 5.92 Å². The molecule has 1 saturated heterocycles. The van der Waals surface area contributed by atoms with Crippen molar-refractivity contribution < 1.29 is 0 Å². The Kier molecular flexibility index (Phi) is 3.40. The molecule has 6 nitrogen and oxygen atoms in total. The van der Waals surface area contributed by atoms with Gasteiger partial charge in [0.2, 0.25) is 0 Å². The summed E-state index contributed by atoms with van der Waals surface area (Å²) in [6.07, 6.45) is 5.78. The van der Waals surface area contributed by atoms with Crippen molar-refractivity contribution in [2.45, 2.75) is 51.5 Å². The van der Waals surface area contributed by atoms with Crippen molar-refractivity contribution >= 4 is 5.82 Å². The largest absolute Gasteiger partial charge is 0.355 e. The van der Waals surface area contributed by atoms with Crippen LogP contribution in [0, 0.1) is 12.8 Å². The molecule has 0 N–H and O–H groups in total. The van der Waals surface area contributed by atoms with E-state index in [4.69, 9.17) is 4.98 Å². The van der Waals surface area contributed by atoms with Gasteiger partial charge in [0.1, 0.15) is 11.6 Å². The number of aryl methyl sites for hydroxylation is 2. The van der Waals surface area contributed by atoms with Crippen molar-refractivity contribution in [3.8, 4) is 0 Å². The quantitative estimate of drug-likeness (QED) is 0.852. The molecule has 2 fully saturated rings. The topological polar surface area (TPSA) is 63.9 Å². The number of aromatic nitrogens is 4. The maximum Gasteiger partial charge on any atom is 0.266 e. The summed E-state index contributed by atoms with van der Waals surface area (Å²) in [7, 11) is 0. The van der Waals surface area contributed by atoms with E-state index in [0.29, 0.717) is 18.4 Å². The molecule has 1 aliphatic heterocycles. The lowest BCUT2D eigenvalue weighted by molar-refractivity contribution is 0.330. The molecule has 2 aliphatic carbocycles. The molecule has 25 heavy (non-hydrogen) atoms. The molecule has 0 radical (unpaired) electrons. The fraction of sp³-hybridized carbons (Fsp3) is 0.579. The normalized spacial score (nSPS) is 19.8. The molecular weight excluding hydrogens is 314 g/mol. The number of fused-ring (bicyclic) bond motifs is 1. The summed E-state index contributed by atoms with van der Waals surface area (Å²) in [4.78, 5) is 23.7. The lowest BCUT2D eigenvalue weighted by atomic mass is 9.99. The Morgan fingerprint density at radius 1 is 1.16 bits per heavy atom. The third kappa shape index (κ3) is 2.73. The molecule has 0 unspecified atom stereocenters. The van der Waals surface area contributed by atoms with Crippen molar-refractivity contribution in [1.29, 1.82) is 0 Å². The summed E-state index contributed by atoms with van der Waals surface area (Å²) in [6.45, 7) is 4.59. The van der Waals surface area contributed by atoms with Gasteiger partial charge in [0.05, 0.1) is 12.2 Å². The number of nitrogens with zero attached hydrogens (tertiary/aromatic N) is 5. The molecule has 0 bridgehead atoms. The highest BCUT2D eigenvalue weighted by Gasteiger charge is 2.32. The zero-order valence-corrected chi connectivity index (χ0v) is 14.6. The third-order valence-corrected chi connectivity index (χ3v) is 5.59. The van der Waals surface area contributed by atoms with Crippen molar-refractivity contribution in [3.05, 3.63) is 45.3 Å². The summed E-state index contributed by atoms with van der Waals surface area (Å²) < 4.78 is 1.67. The van der Waals surface area contributed by atoms with Crippen LogP contribution < -0.4 is 10.5 Å². The highest BCUT2D eigenvalue weighted by Crippen LogP contribution is 2.38. The van der Waals surface area contributed by atoms with Crippen molar-refractivity contribution in [1.82, 2.24) is 19.7 Å². The first kappa shape index (κ1) is 15.0. The Morgan fingerprint density at radius 2 is 2.00 bits per heavy atom. The molecule has 0 aromatic carbocycles. The molecule has 0 amide bonds. The second kappa shape index (κ2) is 5.64. The van der Waals surface area contributed by atoms with Crippen LogP contribution in [0.4, 0.5) is 5.82 Å². The summed E-state index contributed by atoms with van der Waals surface area (Å²) >= 11 is 0.